The number of carbonyl (C=O) groups excluding carboxylic acids is 2. The highest BCUT2D eigenvalue weighted by Crippen LogP contribution is 2.12. The van der Waals surface area contributed by atoms with Crippen molar-refractivity contribution in [2.75, 3.05) is 14.2 Å². The van der Waals surface area contributed by atoms with Crippen molar-refractivity contribution in [2.45, 2.75) is 13.8 Å². The molecular weight excluding hydrogens is 158 g/mol. The Morgan fingerprint density at radius 1 is 1.33 bits per heavy atom. The summed E-state index contributed by atoms with van der Waals surface area (Å²) in [6, 6.07) is 0. The normalized spacial score (nSPS) is 12.4. The van der Waals surface area contributed by atoms with E-state index in [1.54, 1.807) is 13.8 Å². The zero-order valence-corrected chi connectivity index (χ0v) is 7.88. The van der Waals surface area contributed by atoms with Crippen LogP contribution < -0.4 is 5.32 Å². The number of rotatable bonds is 3. The lowest BCUT2D eigenvalue weighted by molar-refractivity contribution is -0.151. The largest absolute Gasteiger partial charge is 0.468 e. The molecule has 0 aliphatic rings. The smallest absolute Gasteiger partial charge is 0.318 e. The standard InChI is InChI=1S/C8H15NO3/c1-5(2)6(7(10)9-3)8(11)12-4/h5-6H,1-4H3,(H,9,10). The predicted molar refractivity (Wildman–Crippen MR) is 44.4 cm³/mol. The number of hydrogen-bond donors (Lipinski definition) is 1. The third-order valence-electron chi connectivity index (χ3n) is 1.65. The summed E-state index contributed by atoms with van der Waals surface area (Å²) in [5.74, 6) is -1.52. The average molecular weight is 173 g/mol. The lowest BCUT2D eigenvalue weighted by Crippen LogP contribution is -2.37. The number of methoxy groups -OCH3 is 1. The number of carbonyl (C=O) groups is 2. The van der Waals surface area contributed by atoms with Crippen LogP contribution >= 0.6 is 0 Å². The van der Waals surface area contributed by atoms with Gasteiger partial charge in [0.1, 0.15) is 5.92 Å². The van der Waals surface area contributed by atoms with Gasteiger partial charge in [-0.2, -0.15) is 0 Å². The summed E-state index contributed by atoms with van der Waals surface area (Å²) in [4.78, 5) is 22.2. The van der Waals surface area contributed by atoms with Crippen LogP contribution in [-0.4, -0.2) is 26.0 Å². The number of nitrogens with one attached hydrogen (secondary N) is 1. The van der Waals surface area contributed by atoms with Crippen molar-refractivity contribution >= 4 is 11.9 Å². The molecule has 0 saturated carbocycles. The Kier molecular flexibility index (Phi) is 4.33. The van der Waals surface area contributed by atoms with Crippen LogP contribution in [0, 0.1) is 11.8 Å². The molecule has 0 aliphatic heterocycles. The summed E-state index contributed by atoms with van der Waals surface area (Å²) in [7, 11) is 2.78. The van der Waals surface area contributed by atoms with Crippen LogP contribution in [0.15, 0.2) is 0 Å². The van der Waals surface area contributed by atoms with E-state index in [-0.39, 0.29) is 11.8 Å². The highest BCUT2D eigenvalue weighted by Gasteiger charge is 2.29. The molecule has 70 valence electrons. The Morgan fingerprint density at radius 2 is 1.83 bits per heavy atom. The van der Waals surface area contributed by atoms with Crippen LogP contribution in [-0.2, 0) is 14.3 Å². The molecule has 4 nitrogen and oxygen atoms in total. The van der Waals surface area contributed by atoms with Crippen molar-refractivity contribution in [3.8, 4) is 0 Å². The molecule has 1 N–H and O–H groups in total. The van der Waals surface area contributed by atoms with Crippen LogP contribution in [0.2, 0.25) is 0 Å². The van der Waals surface area contributed by atoms with Crippen molar-refractivity contribution in [2.24, 2.45) is 11.8 Å². The predicted octanol–water partition coefficient (Wildman–Crippen LogP) is 0.178. The minimum atomic E-state index is -0.694. The van der Waals surface area contributed by atoms with Crippen LogP contribution in [0.3, 0.4) is 0 Å². The number of ether oxygens (including phenoxy) is 1. The molecule has 1 atom stereocenters. The third kappa shape index (κ3) is 2.53. The first-order valence-electron chi connectivity index (χ1n) is 3.84. The van der Waals surface area contributed by atoms with Gasteiger partial charge in [-0.1, -0.05) is 13.8 Å². The minimum absolute atomic E-state index is 0.0441. The lowest BCUT2D eigenvalue weighted by Gasteiger charge is -2.15. The Labute approximate surface area is 72.3 Å². The Hall–Kier alpha value is -1.06. The van der Waals surface area contributed by atoms with Gasteiger partial charge >= 0.3 is 5.97 Å². The van der Waals surface area contributed by atoms with Gasteiger partial charge in [-0.15, -0.1) is 0 Å². The molecular formula is C8H15NO3. The van der Waals surface area contributed by atoms with Crippen LogP contribution in [0.25, 0.3) is 0 Å². The van der Waals surface area contributed by atoms with E-state index in [1.165, 1.54) is 14.2 Å². The fourth-order valence-electron chi connectivity index (χ4n) is 0.964. The van der Waals surface area contributed by atoms with Gasteiger partial charge in [0.2, 0.25) is 5.91 Å². The molecule has 12 heavy (non-hydrogen) atoms. The number of amides is 1. The summed E-state index contributed by atoms with van der Waals surface area (Å²) in [6.45, 7) is 3.60. The first-order valence-corrected chi connectivity index (χ1v) is 3.84. The van der Waals surface area contributed by atoms with Gasteiger partial charge in [0.05, 0.1) is 7.11 Å². The second-order valence-electron chi connectivity index (χ2n) is 2.86. The molecule has 4 heteroatoms. The van der Waals surface area contributed by atoms with Gasteiger partial charge < -0.3 is 10.1 Å². The SMILES string of the molecule is CNC(=O)C(C(=O)OC)C(C)C. The van der Waals surface area contributed by atoms with Crippen LogP contribution in [0.4, 0.5) is 0 Å². The fourth-order valence-corrected chi connectivity index (χ4v) is 0.964. The van der Waals surface area contributed by atoms with E-state index >= 15 is 0 Å². The summed E-state index contributed by atoms with van der Waals surface area (Å²) < 4.78 is 4.50. The second kappa shape index (κ2) is 4.74. The molecule has 0 spiro atoms. The molecule has 1 unspecified atom stereocenters. The molecule has 0 aromatic heterocycles. The molecule has 0 heterocycles. The third-order valence-corrected chi connectivity index (χ3v) is 1.65. The average Bonchev–Trinajstić information content (AvgIpc) is 2.03. The highest BCUT2D eigenvalue weighted by atomic mass is 16.5. The van der Waals surface area contributed by atoms with E-state index in [0.717, 1.165) is 0 Å². The molecule has 0 aliphatic carbocycles. The Morgan fingerprint density at radius 3 is 2.08 bits per heavy atom. The quantitative estimate of drug-likeness (QED) is 0.489. The maximum absolute atomic E-state index is 11.1. The Bertz CT molecular complexity index is 161. The van der Waals surface area contributed by atoms with E-state index in [1.807, 2.05) is 0 Å². The van der Waals surface area contributed by atoms with Crippen molar-refractivity contribution in [1.82, 2.24) is 5.32 Å². The molecule has 0 saturated heterocycles. The molecule has 0 radical (unpaired) electrons. The van der Waals surface area contributed by atoms with Crippen molar-refractivity contribution < 1.29 is 14.3 Å². The van der Waals surface area contributed by atoms with Gasteiger partial charge in [0.25, 0.3) is 0 Å². The van der Waals surface area contributed by atoms with Gasteiger partial charge in [-0.25, -0.2) is 0 Å². The minimum Gasteiger partial charge on any atom is -0.468 e. The highest BCUT2D eigenvalue weighted by molar-refractivity contribution is 5.97. The molecule has 1 amide bonds. The molecule has 0 rings (SSSR count). The fraction of sp³-hybridized carbons (Fsp3) is 0.750. The number of hydrogen-bond acceptors (Lipinski definition) is 3. The maximum Gasteiger partial charge on any atom is 0.318 e. The first kappa shape index (κ1) is 10.9. The van der Waals surface area contributed by atoms with E-state index in [2.05, 4.69) is 10.1 Å². The molecule has 0 fully saturated rings. The van der Waals surface area contributed by atoms with E-state index in [0.29, 0.717) is 0 Å². The van der Waals surface area contributed by atoms with Crippen molar-refractivity contribution in [1.29, 1.82) is 0 Å². The lowest BCUT2D eigenvalue weighted by atomic mass is 9.95. The van der Waals surface area contributed by atoms with E-state index in [9.17, 15) is 9.59 Å². The maximum atomic E-state index is 11.1. The zero-order chi connectivity index (χ0) is 9.72. The summed E-state index contributed by atoms with van der Waals surface area (Å²) in [5.41, 5.74) is 0. The van der Waals surface area contributed by atoms with Gasteiger partial charge in [0.15, 0.2) is 0 Å². The topological polar surface area (TPSA) is 55.4 Å². The van der Waals surface area contributed by atoms with Crippen LogP contribution in [0.1, 0.15) is 13.8 Å². The van der Waals surface area contributed by atoms with Gasteiger partial charge in [-0.3, -0.25) is 9.59 Å². The van der Waals surface area contributed by atoms with Gasteiger partial charge in [-0.05, 0) is 5.92 Å². The summed E-state index contributed by atoms with van der Waals surface area (Å²) in [6.07, 6.45) is 0. The van der Waals surface area contributed by atoms with E-state index < -0.39 is 11.9 Å². The molecule has 0 bridgehead atoms. The zero-order valence-electron chi connectivity index (χ0n) is 7.88. The van der Waals surface area contributed by atoms with Crippen LogP contribution in [0.5, 0.6) is 0 Å². The second-order valence-corrected chi connectivity index (χ2v) is 2.86. The first-order chi connectivity index (χ1) is 5.54. The molecule has 0 aromatic carbocycles. The number of esters is 1. The summed E-state index contributed by atoms with van der Waals surface area (Å²) >= 11 is 0. The van der Waals surface area contributed by atoms with E-state index in [4.69, 9.17) is 0 Å². The van der Waals surface area contributed by atoms with Gasteiger partial charge in [0, 0.05) is 7.05 Å². The van der Waals surface area contributed by atoms with Crippen molar-refractivity contribution in [3.63, 3.8) is 0 Å². The summed E-state index contributed by atoms with van der Waals surface area (Å²) in [5, 5.41) is 2.42. The van der Waals surface area contributed by atoms with Crippen molar-refractivity contribution in [3.05, 3.63) is 0 Å². The Balaban J connectivity index is 4.43. The monoisotopic (exact) mass is 173 g/mol. The molecule has 0 aromatic rings.